The van der Waals surface area contributed by atoms with Gasteiger partial charge in [0, 0.05) is 37.0 Å². The fraction of sp³-hybridized carbons (Fsp3) is 0.400. The van der Waals surface area contributed by atoms with Crippen LogP contribution < -0.4 is 11.1 Å². The van der Waals surface area contributed by atoms with Gasteiger partial charge in [0.2, 0.25) is 0 Å². The largest absolute Gasteiger partial charge is 0.398 e. The van der Waals surface area contributed by atoms with Crippen molar-refractivity contribution in [1.29, 1.82) is 0 Å². The van der Waals surface area contributed by atoms with Gasteiger partial charge in [-0.15, -0.1) is 0 Å². The van der Waals surface area contributed by atoms with Crippen molar-refractivity contribution in [1.82, 2.24) is 4.98 Å². The summed E-state index contributed by atoms with van der Waals surface area (Å²) in [7, 11) is 0. The summed E-state index contributed by atoms with van der Waals surface area (Å²) in [6, 6.07) is 4.96. The second kappa shape index (κ2) is 7.05. The van der Waals surface area contributed by atoms with Crippen LogP contribution in [0.1, 0.15) is 19.8 Å². The van der Waals surface area contributed by atoms with E-state index < -0.39 is 0 Å². The molecule has 0 aliphatic carbocycles. The zero-order valence-electron chi connectivity index (χ0n) is 11.7. The molecule has 0 radical (unpaired) electrons. The Hall–Kier alpha value is -1.88. The summed E-state index contributed by atoms with van der Waals surface area (Å²) in [4.78, 5) is 4.22. The smallest absolute Gasteiger partial charge is 0.150 e. The second-order valence-electron chi connectivity index (χ2n) is 4.61. The van der Waals surface area contributed by atoms with Crippen molar-refractivity contribution in [2.24, 2.45) is 0 Å². The first-order valence-corrected chi connectivity index (χ1v) is 6.88. The van der Waals surface area contributed by atoms with E-state index in [2.05, 4.69) is 17.2 Å². The molecular weight excluding hydrogens is 257 g/mol. The number of hydrogen-bond acceptors (Lipinski definition) is 4. The first-order chi connectivity index (χ1) is 9.74. The van der Waals surface area contributed by atoms with Crippen LogP contribution in [0.5, 0.6) is 0 Å². The zero-order chi connectivity index (χ0) is 14.4. The monoisotopic (exact) mass is 277 g/mol. The summed E-state index contributed by atoms with van der Waals surface area (Å²) in [5.74, 6) is -0.372. The van der Waals surface area contributed by atoms with Crippen molar-refractivity contribution in [3.8, 4) is 0 Å². The Balaban J connectivity index is 2.06. The molecule has 1 heterocycles. The summed E-state index contributed by atoms with van der Waals surface area (Å²) >= 11 is 0. The minimum Gasteiger partial charge on any atom is -0.398 e. The molecule has 4 nitrogen and oxygen atoms in total. The highest BCUT2D eigenvalue weighted by atomic mass is 19.1. The number of nitrogens with two attached hydrogens (primary N) is 1. The minimum absolute atomic E-state index is 0.372. The highest BCUT2D eigenvalue weighted by Crippen LogP contribution is 2.29. The third-order valence-electron chi connectivity index (χ3n) is 2.99. The number of fused-ring (bicyclic) bond motifs is 1. The lowest BCUT2D eigenvalue weighted by Gasteiger charge is -2.12. The van der Waals surface area contributed by atoms with E-state index in [1.807, 2.05) is 6.07 Å². The van der Waals surface area contributed by atoms with Crippen molar-refractivity contribution in [3.63, 3.8) is 0 Å². The minimum atomic E-state index is -0.372. The summed E-state index contributed by atoms with van der Waals surface area (Å²) in [5.41, 5.74) is 7.19. The molecule has 0 amide bonds. The lowest BCUT2D eigenvalue weighted by atomic mass is 10.1. The first-order valence-electron chi connectivity index (χ1n) is 6.88. The Bertz CT molecular complexity index is 574. The Kier molecular flexibility index (Phi) is 5.12. The number of aromatic nitrogens is 1. The molecule has 0 fully saturated rings. The topological polar surface area (TPSA) is 60.2 Å². The van der Waals surface area contributed by atoms with Crippen molar-refractivity contribution in [2.75, 3.05) is 30.8 Å². The number of halogens is 1. The van der Waals surface area contributed by atoms with Crippen LogP contribution in [0.15, 0.2) is 24.4 Å². The fourth-order valence-electron chi connectivity index (χ4n) is 2.04. The number of nitrogen functional groups attached to an aromatic ring is 1. The Morgan fingerprint density at radius 1 is 1.40 bits per heavy atom. The first kappa shape index (κ1) is 14.5. The van der Waals surface area contributed by atoms with Crippen LogP contribution in [-0.4, -0.2) is 24.7 Å². The molecule has 0 spiro atoms. The van der Waals surface area contributed by atoms with Crippen molar-refractivity contribution in [2.45, 2.75) is 19.8 Å². The van der Waals surface area contributed by atoms with Gasteiger partial charge < -0.3 is 15.8 Å². The Labute approximate surface area is 118 Å². The highest BCUT2D eigenvalue weighted by molar-refractivity contribution is 5.98. The van der Waals surface area contributed by atoms with Gasteiger partial charge in [-0.05, 0) is 31.0 Å². The molecule has 0 atom stereocenters. The van der Waals surface area contributed by atoms with Gasteiger partial charge in [-0.2, -0.15) is 0 Å². The molecule has 0 unspecified atom stereocenters. The maximum atomic E-state index is 14.0. The summed E-state index contributed by atoms with van der Waals surface area (Å²) in [5, 5.41) is 3.85. The van der Waals surface area contributed by atoms with E-state index in [0.717, 1.165) is 24.8 Å². The molecule has 0 saturated heterocycles. The average molecular weight is 277 g/mol. The number of nitrogens with zero attached hydrogens (tertiary/aromatic N) is 1. The molecule has 20 heavy (non-hydrogen) atoms. The van der Waals surface area contributed by atoms with Gasteiger partial charge >= 0.3 is 0 Å². The number of benzene rings is 1. The predicted molar refractivity (Wildman–Crippen MR) is 80.3 cm³/mol. The van der Waals surface area contributed by atoms with E-state index in [1.165, 1.54) is 6.07 Å². The lowest BCUT2D eigenvalue weighted by molar-refractivity contribution is 0.134. The molecule has 3 N–H and O–H groups in total. The molecule has 1 aromatic heterocycles. The van der Waals surface area contributed by atoms with E-state index >= 15 is 0 Å². The predicted octanol–water partition coefficient (Wildman–Crippen LogP) is 3.18. The Morgan fingerprint density at radius 3 is 3.05 bits per heavy atom. The van der Waals surface area contributed by atoms with E-state index in [-0.39, 0.29) is 5.82 Å². The van der Waals surface area contributed by atoms with Crippen LogP contribution in [0.4, 0.5) is 15.8 Å². The van der Waals surface area contributed by atoms with E-state index in [9.17, 15) is 4.39 Å². The standard InChI is InChI=1S/C15H20FN3O/c1-2-8-20-9-4-7-19-15-12(16)10-13(17)11-5-3-6-18-14(11)15/h3,5-6,10,19H,2,4,7-9,17H2,1H3. The van der Waals surface area contributed by atoms with Gasteiger partial charge in [0.25, 0.3) is 0 Å². The number of hydrogen-bond donors (Lipinski definition) is 2. The Morgan fingerprint density at radius 2 is 2.25 bits per heavy atom. The third kappa shape index (κ3) is 3.36. The quantitative estimate of drug-likeness (QED) is 0.603. The summed E-state index contributed by atoms with van der Waals surface area (Å²) in [6.07, 6.45) is 3.46. The molecular formula is C15H20FN3O. The van der Waals surface area contributed by atoms with Gasteiger partial charge in [-0.3, -0.25) is 4.98 Å². The summed E-state index contributed by atoms with van der Waals surface area (Å²) in [6.45, 7) is 4.14. The number of nitrogens with one attached hydrogen (secondary N) is 1. The molecule has 1 aromatic carbocycles. The van der Waals surface area contributed by atoms with Gasteiger partial charge in [0.15, 0.2) is 5.82 Å². The van der Waals surface area contributed by atoms with Crippen LogP contribution >= 0.6 is 0 Å². The molecule has 2 rings (SSSR count). The zero-order valence-corrected chi connectivity index (χ0v) is 11.7. The molecule has 2 aromatic rings. The molecule has 108 valence electrons. The molecule has 0 aliphatic rings. The summed E-state index contributed by atoms with van der Waals surface area (Å²) < 4.78 is 19.4. The number of anilines is 2. The number of ether oxygens (including phenoxy) is 1. The van der Waals surface area contributed by atoms with Gasteiger partial charge in [0.05, 0.1) is 11.2 Å². The van der Waals surface area contributed by atoms with E-state index in [4.69, 9.17) is 10.5 Å². The molecule has 0 saturated carbocycles. The maximum Gasteiger partial charge on any atom is 0.150 e. The SMILES string of the molecule is CCCOCCCNc1c(F)cc(N)c2cccnc12. The molecule has 0 aliphatic heterocycles. The third-order valence-corrected chi connectivity index (χ3v) is 2.99. The molecule has 5 heteroatoms. The van der Waals surface area contributed by atoms with Gasteiger partial charge in [-0.1, -0.05) is 6.92 Å². The van der Waals surface area contributed by atoms with Crippen LogP contribution in [-0.2, 0) is 4.74 Å². The van der Waals surface area contributed by atoms with Gasteiger partial charge in [-0.25, -0.2) is 4.39 Å². The van der Waals surface area contributed by atoms with Gasteiger partial charge in [0.1, 0.15) is 0 Å². The van der Waals surface area contributed by atoms with E-state index in [0.29, 0.717) is 30.0 Å². The van der Waals surface area contributed by atoms with Crippen molar-refractivity contribution in [3.05, 3.63) is 30.2 Å². The van der Waals surface area contributed by atoms with Crippen LogP contribution in [0.25, 0.3) is 10.9 Å². The second-order valence-corrected chi connectivity index (χ2v) is 4.61. The average Bonchev–Trinajstić information content (AvgIpc) is 2.45. The lowest BCUT2D eigenvalue weighted by Crippen LogP contribution is -2.08. The fourth-order valence-corrected chi connectivity index (χ4v) is 2.04. The maximum absolute atomic E-state index is 14.0. The number of pyridine rings is 1. The van der Waals surface area contributed by atoms with E-state index in [1.54, 1.807) is 12.3 Å². The van der Waals surface area contributed by atoms with Crippen LogP contribution in [0.2, 0.25) is 0 Å². The van der Waals surface area contributed by atoms with Crippen molar-refractivity contribution < 1.29 is 9.13 Å². The van der Waals surface area contributed by atoms with Crippen molar-refractivity contribution >= 4 is 22.3 Å². The molecule has 0 bridgehead atoms. The van der Waals surface area contributed by atoms with Crippen LogP contribution in [0.3, 0.4) is 0 Å². The highest BCUT2D eigenvalue weighted by Gasteiger charge is 2.11. The number of rotatable bonds is 7. The normalized spacial score (nSPS) is 10.9. The van der Waals surface area contributed by atoms with Crippen LogP contribution in [0, 0.1) is 5.82 Å².